The van der Waals surface area contributed by atoms with Gasteiger partial charge in [0, 0.05) is 5.69 Å². The summed E-state index contributed by atoms with van der Waals surface area (Å²) in [6.07, 6.45) is 0. The summed E-state index contributed by atoms with van der Waals surface area (Å²) in [6, 6.07) is 31.9. The van der Waals surface area contributed by atoms with E-state index in [1.54, 1.807) is 0 Å². The Bertz CT molecular complexity index is 1280. The van der Waals surface area contributed by atoms with Crippen molar-refractivity contribution in [2.75, 3.05) is 5.73 Å². The van der Waals surface area contributed by atoms with Gasteiger partial charge in [0.15, 0.2) is 0 Å². The topological polar surface area (TPSA) is 26.0 Å². The van der Waals surface area contributed by atoms with Crippen molar-refractivity contribution >= 4 is 5.69 Å². The van der Waals surface area contributed by atoms with Gasteiger partial charge in [-0.05, 0) is 74.4 Å². The van der Waals surface area contributed by atoms with Crippen LogP contribution in [-0.2, 0) is 16.2 Å². The second-order valence-corrected chi connectivity index (χ2v) is 12.3. The zero-order valence-electron chi connectivity index (χ0n) is 22.2. The van der Waals surface area contributed by atoms with Crippen LogP contribution in [0, 0.1) is 6.92 Å². The molecule has 0 spiro atoms. The highest BCUT2D eigenvalue weighted by molar-refractivity contribution is 5.87. The van der Waals surface area contributed by atoms with Crippen molar-refractivity contribution in [3.05, 3.63) is 124 Å². The van der Waals surface area contributed by atoms with Gasteiger partial charge in [-0.25, -0.2) is 0 Å². The smallest absolute Gasteiger partial charge is 0.0713 e. The van der Waals surface area contributed by atoms with Crippen molar-refractivity contribution in [3.8, 4) is 11.1 Å². The Labute approximate surface area is 211 Å². The van der Waals surface area contributed by atoms with Crippen molar-refractivity contribution in [3.63, 3.8) is 0 Å². The number of hydrogen-bond donors (Lipinski definition) is 1. The minimum absolute atomic E-state index is 0.0561. The Morgan fingerprint density at radius 2 is 0.943 bits per heavy atom. The van der Waals surface area contributed by atoms with E-state index in [1.807, 2.05) is 12.1 Å². The van der Waals surface area contributed by atoms with Crippen LogP contribution in [0.3, 0.4) is 0 Å². The lowest BCUT2D eigenvalue weighted by Crippen LogP contribution is -2.29. The molecule has 0 saturated heterocycles. The second kappa shape index (κ2) is 7.85. The molecule has 5 rings (SSSR count). The lowest BCUT2D eigenvalue weighted by molar-refractivity contribution is 0.586. The van der Waals surface area contributed by atoms with Crippen LogP contribution in [0.25, 0.3) is 11.1 Å². The average Bonchev–Trinajstić information content (AvgIpc) is 3.09. The Morgan fingerprint density at radius 3 is 1.34 bits per heavy atom. The third-order valence-electron chi connectivity index (χ3n) is 7.70. The Hall–Kier alpha value is -3.32. The predicted molar refractivity (Wildman–Crippen MR) is 150 cm³/mol. The first-order valence-electron chi connectivity index (χ1n) is 12.7. The molecule has 0 aliphatic heterocycles. The first-order valence-corrected chi connectivity index (χ1v) is 12.7. The van der Waals surface area contributed by atoms with Gasteiger partial charge in [-0.1, -0.05) is 120 Å². The second-order valence-electron chi connectivity index (χ2n) is 12.3. The minimum atomic E-state index is -0.408. The van der Waals surface area contributed by atoms with Crippen molar-refractivity contribution in [2.45, 2.75) is 64.7 Å². The fraction of sp³-hybridized carbons (Fsp3) is 0.294. The number of rotatable bonds is 2. The summed E-state index contributed by atoms with van der Waals surface area (Å²) >= 11 is 0. The summed E-state index contributed by atoms with van der Waals surface area (Å²) < 4.78 is 0. The predicted octanol–water partition coefficient (Wildman–Crippen LogP) is 8.54. The van der Waals surface area contributed by atoms with Gasteiger partial charge in [0.25, 0.3) is 0 Å². The van der Waals surface area contributed by atoms with Crippen LogP contribution >= 0.6 is 0 Å². The fourth-order valence-corrected chi connectivity index (χ4v) is 5.58. The number of anilines is 1. The molecule has 1 aliphatic carbocycles. The zero-order valence-corrected chi connectivity index (χ0v) is 22.2. The van der Waals surface area contributed by atoms with Gasteiger partial charge in [-0.3, -0.25) is 0 Å². The molecular weight excluding hydrogens is 422 g/mol. The maximum absolute atomic E-state index is 6.18. The van der Waals surface area contributed by atoms with Gasteiger partial charge in [-0.15, -0.1) is 0 Å². The highest BCUT2D eigenvalue weighted by Crippen LogP contribution is 2.57. The third-order valence-corrected chi connectivity index (χ3v) is 7.70. The largest absolute Gasteiger partial charge is 0.399 e. The van der Waals surface area contributed by atoms with E-state index in [0.29, 0.717) is 0 Å². The monoisotopic (exact) mass is 459 g/mol. The highest BCUT2D eigenvalue weighted by Gasteiger charge is 2.47. The fourth-order valence-electron chi connectivity index (χ4n) is 5.58. The molecule has 4 aromatic rings. The van der Waals surface area contributed by atoms with E-state index in [4.69, 9.17) is 5.73 Å². The van der Waals surface area contributed by atoms with E-state index in [1.165, 1.54) is 50.1 Å². The van der Waals surface area contributed by atoms with E-state index in [-0.39, 0.29) is 10.8 Å². The van der Waals surface area contributed by atoms with Gasteiger partial charge < -0.3 is 5.73 Å². The first kappa shape index (κ1) is 23.4. The Morgan fingerprint density at radius 1 is 0.543 bits per heavy atom. The summed E-state index contributed by atoms with van der Waals surface area (Å²) in [6.45, 7) is 15.9. The molecule has 0 radical (unpaired) electrons. The van der Waals surface area contributed by atoms with Crippen LogP contribution in [0.1, 0.15) is 80.5 Å². The number of nitrogens with two attached hydrogens (primary N) is 1. The molecule has 0 bridgehead atoms. The van der Waals surface area contributed by atoms with E-state index < -0.39 is 5.41 Å². The normalized spacial score (nSPS) is 14.5. The summed E-state index contributed by atoms with van der Waals surface area (Å²) in [5, 5.41) is 0. The molecule has 4 aromatic carbocycles. The molecular formula is C34H37N. The van der Waals surface area contributed by atoms with Crippen LogP contribution in [0.5, 0.6) is 0 Å². The van der Waals surface area contributed by atoms with Crippen LogP contribution in [0.2, 0.25) is 0 Å². The molecule has 1 heteroatoms. The molecule has 0 fully saturated rings. The van der Waals surface area contributed by atoms with E-state index in [0.717, 1.165) is 5.69 Å². The van der Waals surface area contributed by atoms with Gasteiger partial charge in [0.1, 0.15) is 0 Å². The Balaban J connectivity index is 1.96. The van der Waals surface area contributed by atoms with Crippen LogP contribution in [0.4, 0.5) is 5.69 Å². The highest BCUT2D eigenvalue weighted by atomic mass is 14.5. The van der Waals surface area contributed by atoms with Crippen LogP contribution in [-0.4, -0.2) is 0 Å². The Kier molecular flexibility index (Phi) is 5.25. The summed E-state index contributed by atoms with van der Waals surface area (Å²) in [5.74, 6) is 0. The number of aryl methyl sites for hydroxylation is 1. The van der Waals surface area contributed by atoms with Crippen molar-refractivity contribution < 1.29 is 0 Å². The van der Waals surface area contributed by atoms with Gasteiger partial charge in [-0.2, -0.15) is 0 Å². The van der Waals surface area contributed by atoms with Crippen molar-refractivity contribution in [2.24, 2.45) is 0 Å². The minimum Gasteiger partial charge on any atom is -0.399 e. The molecule has 178 valence electrons. The SMILES string of the molecule is Cc1ccc(C2(c3ccc(N)cc3)c3cc(C(C)(C)C)ccc3-c3ccc(C(C)(C)C)cc32)cc1. The average molecular weight is 460 g/mol. The van der Waals surface area contributed by atoms with Crippen LogP contribution in [0.15, 0.2) is 84.9 Å². The van der Waals surface area contributed by atoms with Gasteiger partial charge in [0.05, 0.1) is 5.41 Å². The maximum atomic E-state index is 6.18. The standard InChI is InChI=1S/C34H37N/c1-22-8-10-23(11-9-22)34(24-12-16-27(35)17-13-24)30-20-25(32(2,3)4)14-18-28(30)29-19-15-26(21-31(29)34)33(5,6)7/h8-21H,35H2,1-7H3. The molecule has 0 aromatic heterocycles. The molecule has 0 saturated carbocycles. The van der Waals surface area contributed by atoms with Gasteiger partial charge in [0.2, 0.25) is 0 Å². The van der Waals surface area contributed by atoms with Crippen LogP contribution < -0.4 is 5.73 Å². The summed E-state index contributed by atoms with van der Waals surface area (Å²) in [5.41, 5.74) is 18.6. The lowest BCUT2D eigenvalue weighted by atomic mass is 9.66. The number of hydrogen-bond acceptors (Lipinski definition) is 1. The molecule has 1 nitrogen and oxygen atoms in total. The first-order chi connectivity index (χ1) is 16.4. The van der Waals surface area contributed by atoms with E-state index in [2.05, 4.69) is 121 Å². The molecule has 0 unspecified atom stereocenters. The molecule has 0 atom stereocenters. The van der Waals surface area contributed by atoms with Crippen molar-refractivity contribution in [1.29, 1.82) is 0 Å². The molecule has 0 heterocycles. The third kappa shape index (κ3) is 3.69. The number of benzene rings is 4. The quantitative estimate of drug-likeness (QED) is 0.263. The molecule has 2 N–H and O–H groups in total. The van der Waals surface area contributed by atoms with Crippen molar-refractivity contribution in [1.82, 2.24) is 0 Å². The number of nitrogen functional groups attached to an aromatic ring is 1. The number of fused-ring (bicyclic) bond motifs is 3. The zero-order chi connectivity index (χ0) is 25.2. The summed E-state index contributed by atoms with van der Waals surface area (Å²) in [7, 11) is 0. The molecule has 1 aliphatic rings. The summed E-state index contributed by atoms with van der Waals surface area (Å²) in [4.78, 5) is 0. The molecule has 35 heavy (non-hydrogen) atoms. The van der Waals surface area contributed by atoms with E-state index >= 15 is 0 Å². The molecule has 0 amide bonds. The lowest BCUT2D eigenvalue weighted by Gasteiger charge is -2.35. The van der Waals surface area contributed by atoms with E-state index in [9.17, 15) is 0 Å². The maximum Gasteiger partial charge on any atom is 0.0713 e. The van der Waals surface area contributed by atoms with Gasteiger partial charge >= 0.3 is 0 Å².